The van der Waals surface area contributed by atoms with Crippen LogP contribution in [0, 0.1) is 19.7 Å². The van der Waals surface area contributed by atoms with Crippen molar-refractivity contribution in [2.24, 2.45) is 4.99 Å². The predicted octanol–water partition coefficient (Wildman–Crippen LogP) is 3.99. The van der Waals surface area contributed by atoms with E-state index >= 15 is 0 Å². The van der Waals surface area contributed by atoms with Crippen LogP contribution in [0.4, 0.5) is 4.39 Å². The zero-order valence-electron chi connectivity index (χ0n) is 14.4. The van der Waals surface area contributed by atoms with Crippen molar-refractivity contribution >= 4 is 41.3 Å². The Bertz CT molecular complexity index is 687. The molecule has 1 heterocycles. The van der Waals surface area contributed by atoms with Gasteiger partial charge in [-0.05, 0) is 38.0 Å². The largest absolute Gasteiger partial charge is 0.356 e. The predicted molar refractivity (Wildman–Crippen MR) is 110 cm³/mol. The topological polar surface area (TPSA) is 49.3 Å². The van der Waals surface area contributed by atoms with Crippen LogP contribution in [0.25, 0.3) is 0 Å². The number of aryl methyl sites for hydroxylation is 2. The van der Waals surface area contributed by atoms with E-state index in [0.717, 1.165) is 29.2 Å². The van der Waals surface area contributed by atoms with Gasteiger partial charge in [0.15, 0.2) is 5.96 Å². The van der Waals surface area contributed by atoms with Gasteiger partial charge >= 0.3 is 0 Å². The first kappa shape index (κ1) is 20.8. The zero-order chi connectivity index (χ0) is 16.8. The van der Waals surface area contributed by atoms with Crippen molar-refractivity contribution in [1.82, 2.24) is 15.6 Å². The fraction of sp³-hybridized carbons (Fsp3) is 0.412. The molecule has 1 aromatic heterocycles. The molecule has 24 heavy (non-hydrogen) atoms. The molecular formula is C17H24FIN4S. The number of nitrogens with one attached hydrogen (secondary N) is 2. The number of guanidine groups is 1. The van der Waals surface area contributed by atoms with E-state index in [0.29, 0.717) is 11.5 Å². The highest BCUT2D eigenvalue weighted by atomic mass is 127. The Hall–Kier alpha value is -1.22. The maximum Gasteiger partial charge on any atom is 0.191 e. The van der Waals surface area contributed by atoms with E-state index in [1.807, 2.05) is 19.9 Å². The number of aromatic nitrogens is 1. The molecular weight excluding hydrogens is 438 g/mol. The summed E-state index contributed by atoms with van der Waals surface area (Å²) in [6, 6.07) is 5.27. The van der Waals surface area contributed by atoms with Gasteiger partial charge in [-0.25, -0.2) is 9.37 Å². The molecule has 0 aliphatic heterocycles. The van der Waals surface area contributed by atoms with Crippen LogP contribution in [-0.2, 0) is 6.42 Å². The van der Waals surface area contributed by atoms with Gasteiger partial charge in [-0.3, -0.25) is 4.99 Å². The molecule has 0 aliphatic rings. The molecule has 0 aliphatic carbocycles. The molecule has 1 aromatic carbocycles. The van der Waals surface area contributed by atoms with Crippen LogP contribution in [0.2, 0.25) is 0 Å². The fourth-order valence-electron chi connectivity index (χ4n) is 2.19. The molecule has 2 aromatic rings. The Labute approximate surface area is 164 Å². The Morgan fingerprint density at radius 2 is 2.12 bits per heavy atom. The standard InChI is InChI=1S/C17H23FN4S.HI/c1-11-5-6-14(9-16(11)18)12(2)21-17(19-4)20-8-7-15-10-23-13(3)22-15;/h5-6,9-10,12H,7-8H2,1-4H3,(H2,19,20,21);1H. The third-order valence-corrected chi connectivity index (χ3v) is 4.44. The second-order valence-corrected chi connectivity index (χ2v) is 6.54. The summed E-state index contributed by atoms with van der Waals surface area (Å²) in [5, 5.41) is 9.69. The van der Waals surface area contributed by atoms with Crippen LogP contribution in [0.15, 0.2) is 28.6 Å². The molecule has 2 rings (SSSR count). The Balaban J connectivity index is 0.00000288. The third kappa shape index (κ3) is 6.01. The summed E-state index contributed by atoms with van der Waals surface area (Å²) in [4.78, 5) is 8.65. The molecule has 7 heteroatoms. The summed E-state index contributed by atoms with van der Waals surface area (Å²) in [7, 11) is 1.73. The van der Waals surface area contributed by atoms with Crippen molar-refractivity contribution in [2.45, 2.75) is 33.2 Å². The third-order valence-electron chi connectivity index (χ3n) is 3.61. The summed E-state index contributed by atoms with van der Waals surface area (Å²) in [6.45, 7) is 6.50. The number of thiazole rings is 1. The maximum atomic E-state index is 13.7. The number of rotatable bonds is 5. The van der Waals surface area contributed by atoms with Crippen LogP contribution in [0.1, 0.15) is 34.8 Å². The van der Waals surface area contributed by atoms with Crippen LogP contribution >= 0.6 is 35.3 Å². The lowest BCUT2D eigenvalue weighted by Gasteiger charge is -2.18. The van der Waals surface area contributed by atoms with E-state index in [-0.39, 0.29) is 35.8 Å². The van der Waals surface area contributed by atoms with Crippen molar-refractivity contribution in [3.05, 3.63) is 51.2 Å². The van der Waals surface area contributed by atoms with E-state index in [2.05, 4.69) is 26.0 Å². The lowest BCUT2D eigenvalue weighted by molar-refractivity contribution is 0.607. The molecule has 0 saturated carbocycles. The van der Waals surface area contributed by atoms with E-state index in [4.69, 9.17) is 0 Å². The Morgan fingerprint density at radius 3 is 2.71 bits per heavy atom. The zero-order valence-corrected chi connectivity index (χ0v) is 17.5. The number of halogens is 2. The summed E-state index contributed by atoms with van der Waals surface area (Å²) >= 11 is 1.66. The summed E-state index contributed by atoms with van der Waals surface area (Å²) in [5.74, 6) is 0.517. The lowest BCUT2D eigenvalue weighted by atomic mass is 10.1. The van der Waals surface area contributed by atoms with Crippen molar-refractivity contribution < 1.29 is 4.39 Å². The van der Waals surface area contributed by atoms with Crippen LogP contribution in [0.5, 0.6) is 0 Å². The minimum absolute atomic E-state index is 0. The summed E-state index contributed by atoms with van der Waals surface area (Å²) in [5.41, 5.74) is 2.64. The molecule has 1 unspecified atom stereocenters. The van der Waals surface area contributed by atoms with E-state index < -0.39 is 0 Å². The number of hydrogen-bond acceptors (Lipinski definition) is 3. The number of benzene rings is 1. The van der Waals surface area contributed by atoms with Gasteiger partial charge < -0.3 is 10.6 Å². The first-order valence-corrected chi connectivity index (χ1v) is 8.52. The van der Waals surface area contributed by atoms with Gasteiger partial charge in [0.2, 0.25) is 0 Å². The minimum atomic E-state index is -0.182. The molecule has 0 radical (unpaired) electrons. The maximum absolute atomic E-state index is 13.7. The average Bonchev–Trinajstić information content (AvgIpc) is 2.94. The highest BCUT2D eigenvalue weighted by Crippen LogP contribution is 2.16. The highest BCUT2D eigenvalue weighted by Gasteiger charge is 2.09. The average molecular weight is 462 g/mol. The van der Waals surface area contributed by atoms with Gasteiger partial charge in [0, 0.05) is 25.4 Å². The molecule has 0 saturated heterocycles. The fourth-order valence-corrected chi connectivity index (χ4v) is 2.84. The normalized spacial score (nSPS) is 12.5. The SMILES string of the molecule is CN=C(NCCc1csc(C)n1)NC(C)c1ccc(C)c(F)c1.I. The van der Waals surface area contributed by atoms with Crippen molar-refractivity contribution in [1.29, 1.82) is 0 Å². The van der Waals surface area contributed by atoms with E-state index in [1.165, 1.54) is 0 Å². The van der Waals surface area contributed by atoms with Gasteiger partial charge in [-0.15, -0.1) is 35.3 Å². The van der Waals surface area contributed by atoms with E-state index in [1.54, 1.807) is 37.4 Å². The quantitative estimate of drug-likeness (QED) is 0.402. The first-order chi connectivity index (χ1) is 11.0. The first-order valence-electron chi connectivity index (χ1n) is 7.64. The van der Waals surface area contributed by atoms with Gasteiger partial charge in [-0.2, -0.15) is 0 Å². The van der Waals surface area contributed by atoms with Crippen molar-refractivity contribution in [2.75, 3.05) is 13.6 Å². The molecule has 2 N–H and O–H groups in total. The minimum Gasteiger partial charge on any atom is -0.356 e. The lowest BCUT2D eigenvalue weighted by Crippen LogP contribution is -2.39. The Morgan fingerprint density at radius 1 is 1.38 bits per heavy atom. The number of hydrogen-bond donors (Lipinski definition) is 2. The summed E-state index contributed by atoms with van der Waals surface area (Å²) < 4.78 is 13.7. The van der Waals surface area contributed by atoms with Gasteiger partial charge in [0.1, 0.15) is 5.82 Å². The highest BCUT2D eigenvalue weighted by molar-refractivity contribution is 14.0. The second kappa shape index (κ2) is 9.93. The van der Waals surface area contributed by atoms with Gasteiger partial charge in [0.25, 0.3) is 0 Å². The molecule has 0 bridgehead atoms. The molecule has 0 spiro atoms. The van der Waals surface area contributed by atoms with Crippen LogP contribution in [0.3, 0.4) is 0 Å². The monoisotopic (exact) mass is 462 g/mol. The van der Waals surface area contributed by atoms with Crippen LogP contribution in [-0.4, -0.2) is 24.5 Å². The number of nitrogens with zero attached hydrogens (tertiary/aromatic N) is 2. The molecule has 4 nitrogen and oxygen atoms in total. The van der Waals surface area contributed by atoms with E-state index in [9.17, 15) is 4.39 Å². The second-order valence-electron chi connectivity index (χ2n) is 5.48. The van der Waals surface area contributed by atoms with Crippen molar-refractivity contribution in [3.63, 3.8) is 0 Å². The smallest absolute Gasteiger partial charge is 0.191 e. The Kier molecular flexibility index (Phi) is 8.61. The van der Waals surface area contributed by atoms with Crippen LogP contribution < -0.4 is 10.6 Å². The number of aliphatic imine (C=N–C) groups is 1. The van der Waals surface area contributed by atoms with Crippen molar-refractivity contribution in [3.8, 4) is 0 Å². The van der Waals surface area contributed by atoms with Gasteiger partial charge in [-0.1, -0.05) is 12.1 Å². The molecule has 0 fully saturated rings. The van der Waals surface area contributed by atoms with Gasteiger partial charge in [0.05, 0.1) is 16.7 Å². The summed E-state index contributed by atoms with van der Waals surface area (Å²) in [6.07, 6.45) is 0.846. The molecule has 1 atom stereocenters. The molecule has 0 amide bonds. The molecule has 132 valence electrons.